The molecule has 4 aliphatic carbocycles. The Hall–Kier alpha value is -1.43. The SMILES string of the molecule is Cc1ccc(S(=O)(=O)OC2[C@@H]3C=C[C@H]4C(O)[C@H]5C=C[C@@H]2[C@H]5[C@H]43)cc1. The van der Waals surface area contributed by atoms with Crippen LogP contribution in [-0.2, 0) is 14.3 Å². The van der Waals surface area contributed by atoms with E-state index in [1.54, 1.807) is 24.3 Å². The highest BCUT2D eigenvalue weighted by molar-refractivity contribution is 7.86. The lowest BCUT2D eigenvalue weighted by molar-refractivity contribution is 0.0908. The fourth-order valence-electron chi connectivity index (χ4n) is 5.45. The summed E-state index contributed by atoms with van der Waals surface area (Å²) in [6.45, 7) is 1.92. The van der Waals surface area contributed by atoms with E-state index in [-0.39, 0.29) is 40.8 Å². The third kappa shape index (κ3) is 1.83. The number of rotatable bonds is 3. The first-order valence-corrected chi connectivity index (χ1v) is 9.93. The Balaban J connectivity index is 1.48. The van der Waals surface area contributed by atoms with Crippen molar-refractivity contribution in [3.8, 4) is 0 Å². The molecule has 2 unspecified atom stereocenters. The van der Waals surface area contributed by atoms with Crippen LogP contribution in [-0.4, -0.2) is 25.7 Å². The number of benzene rings is 1. The molecule has 1 aromatic carbocycles. The summed E-state index contributed by atoms with van der Waals surface area (Å²) in [6, 6.07) is 6.77. The standard InChI is InChI=1S/C19H20O4S/c1-10-2-4-11(5-3-10)24(21,22)23-19-14-8-6-12-16(14)17-13(18(12)20)7-9-15(17)19/h2-9,12-20H,1H3/t12-,13+,14-,15-,16-,17+,18?,19?/m1/s1. The van der Waals surface area contributed by atoms with Gasteiger partial charge in [0.2, 0.25) is 0 Å². The van der Waals surface area contributed by atoms with Crippen LogP contribution in [0.3, 0.4) is 0 Å². The van der Waals surface area contributed by atoms with Crippen molar-refractivity contribution in [2.75, 3.05) is 0 Å². The van der Waals surface area contributed by atoms with Crippen molar-refractivity contribution in [1.29, 1.82) is 0 Å². The summed E-state index contributed by atoms with van der Waals surface area (Å²) in [7, 11) is -3.78. The van der Waals surface area contributed by atoms with Gasteiger partial charge in [-0.3, -0.25) is 4.18 Å². The molecule has 24 heavy (non-hydrogen) atoms. The van der Waals surface area contributed by atoms with Crippen LogP contribution < -0.4 is 0 Å². The van der Waals surface area contributed by atoms with Gasteiger partial charge in [0.1, 0.15) is 0 Å². The van der Waals surface area contributed by atoms with E-state index in [2.05, 4.69) is 24.3 Å². The first-order valence-electron chi connectivity index (χ1n) is 8.52. The molecule has 1 N–H and O–H groups in total. The van der Waals surface area contributed by atoms with E-state index in [4.69, 9.17) is 4.18 Å². The lowest BCUT2D eigenvalue weighted by Crippen LogP contribution is -2.29. The molecule has 0 bridgehead atoms. The molecule has 2 fully saturated rings. The van der Waals surface area contributed by atoms with E-state index in [0.717, 1.165) is 5.56 Å². The predicted molar refractivity (Wildman–Crippen MR) is 88.5 cm³/mol. The lowest BCUT2D eigenvalue weighted by Gasteiger charge is -2.23. The maximum atomic E-state index is 12.7. The molecule has 0 aliphatic heterocycles. The maximum Gasteiger partial charge on any atom is 0.297 e. The van der Waals surface area contributed by atoms with Crippen molar-refractivity contribution >= 4 is 10.1 Å². The molecule has 0 aromatic heterocycles. The third-order valence-corrected chi connectivity index (χ3v) is 7.75. The summed E-state index contributed by atoms with van der Waals surface area (Å²) >= 11 is 0. The molecule has 4 aliphatic rings. The minimum atomic E-state index is -3.78. The number of hydrogen-bond acceptors (Lipinski definition) is 4. The predicted octanol–water partition coefficient (Wildman–Crippen LogP) is 2.29. The van der Waals surface area contributed by atoms with Crippen LogP contribution in [0.15, 0.2) is 53.5 Å². The highest BCUT2D eigenvalue weighted by Gasteiger charge is 2.65. The second-order valence-corrected chi connectivity index (χ2v) is 9.12. The van der Waals surface area contributed by atoms with Crippen molar-refractivity contribution in [3.63, 3.8) is 0 Å². The Bertz CT molecular complexity index is 807. The zero-order valence-electron chi connectivity index (χ0n) is 13.3. The van der Waals surface area contributed by atoms with E-state index in [1.165, 1.54) is 0 Å². The Morgan fingerprint density at radius 1 is 0.875 bits per heavy atom. The summed E-state index contributed by atoms with van der Waals surface area (Å²) in [4.78, 5) is 0.210. The lowest BCUT2D eigenvalue weighted by atomic mass is 9.88. The van der Waals surface area contributed by atoms with Gasteiger partial charge in [0.25, 0.3) is 10.1 Å². The molecule has 8 atom stereocenters. The molecule has 5 rings (SSSR count). The van der Waals surface area contributed by atoms with E-state index < -0.39 is 10.1 Å². The Labute approximate surface area is 142 Å². The molecule has 0 spiro atoms. The molecule has 5 heteroatoms. The van der Waals surface area contributed by atoms with E-state index in [1.807, 2.05) is 6.92 Å². The van der Waals surface area contributed by atoms with Gasteiger partial charge in [0.05, 0.1) is 17.1 Å². The third-order valence-electron chi connectivity index (χ3n) is 6.43. The Kier molecular flexibility index (Phi) is 2.98. The number of aryl methyl sites for hydroxylation is 1. The van der Waals surface area contributed by atoms with Crippen molar-refractivity contribution in [1.82, 2.24) is 0 Å². The zero-order valence-corrected chi connectivity index (χ0v) is 14.1. The Morgan fingerprint density at radius 3 is 1.92 bits per heavy atom. The molecule has 0 heterocycles. The molecule has 0 saturated heterocycles. The first-order chi connectivity index (χ1) is 11.5. The fourth-order valence-corrected chi connectivity index (χ4v) is 6.58. The number of aliphatic hydroxyl groups is 1. The second-order valence-electron chi connectivity index (χ2n) is 7.55. The summed E-state index contributed by atoms with van der Waals surface area (Å²) in [5.41, 5.74) is 1.02. The van der Waals surface area contributed by atoms with Crippen molar-refractivity contribution in [2.24, 2.45) is 35.5 Å². The van der Waals surface area contributed by atoms with Crippen LogP contribution >= 0.6 is 0 Å². The number of aliphatic hydroxyl groups excluding tert-OH is 1. The fraction of sp³-hybridized carbons (Fsp3) is 0.474. The minimum absolute atomic E-state index is 0.0785. The summed E-state index contributed by atoms with van der Waals surface area (Å²) < 4.78 is 31.2. The maximum absolute atomic E-state index is 12.7. The number of hydrogen-bond donors (Lipinski definition) is 1. The average Bonchev–Trinajstić information content (AvgIpc) is 3.25. The molecule has 4 nitrogen and oxygen atoms in total. The van der Waals surface area contributed by atoms with Crippen LogP contribution in [0.1, 0.15) is 5.56 Å². The van der Waals surface area contributed by atoms with Crippen LogP contribution in [0.5, 0.6) is 0 Å². The van der Waals surface area contributed by atoms with Crippen LogP contribution in [0.2, 0.25) is 0 Å². The average molecular weight is 344 g/mol. The molecule has 0 amide bonds. The Morgan fingerprint density at radius 2 is 1.38 bits per heavy atom. The van der Waals surface area contributed by atoms with E-state index in [9.17, 15) is 13.5 Å². The van der Waals surface area contributed by atoms with Gasteiger partial charge in [-0.1, -0.05) is 42.0 Å². The van der Waals surface area contributed by atoms with Gasteiger partial charge in [-0.2, -0.15) is 8.42 Å². The normalized spacial score (nSPS) is 44.4. The van der Waals surface area contributed by atoms with Gasteiger partial charge in [-0.15, -0.1) is 0 Å². The summed E-state index contributed by atoms with van der Waals surface area (Å²) in [6.07, 6.45) is 7.57. The van der Waals surface area contributed by atoms with E-state index >= 15 is 0 Å². The molecule has 2 saturated carbocycles. The van der Waals surface area contributed by atoms with Crippen LogP contribution in [0.4, 0.5) is 0 Å². The van der Waals surface area contributed by atoms with Gasteiger partial charge in [0.15, 0.2) is 0 Å². The molecular weight excluding hydrogens is 324 g/mol. The molecule has 126 valence electrons. The topological polar surface area (TPSA) is 63.6 Å². The zero-order chi connectivity index (χ0) is 16.6. The molecular formula is C19H20O4S. The van der Waals surface area contributed by atoms with Gasteiger partial charge in [-0.05, 0) is 30.9 Å². The smallest absolute Gasteiger partial charge is 0.297 e. The largest absolute Gasteiger partial charge is 0.392 e. The summed E-state index contributed by atoms with van der Waals surface area (Å²) in [5, 5.41) is 10.5. The second kappa shape index (κ2) is 4.81. The quantitative estimate of drug-likeness (QED) is 0.675. The highest BCUT2D eigenvalue weighted by atomic mass is 32.2. The monoisotopic (exact) mass is 344 g/mol. The molecule has 1 aromatic rings. The van der Waals surface area contributed by atoms with Gasteiger partial charge in [-0.25, -0.2) is 0 Å². The first kappa shape index (κ1) is 14.9. The van der Waals surface area contributed by atoms with Crippen LogP contribution in [0, 0.1) is 42.4 Å². The van der Waals surface area contributed by atoms with Crippen molar-refractivity contribution in [2.45, 2.75) is 24.0 Å². The summed E-state index contributed by atoms with van der Waals surface area (Å²) in [5.74, 6) is 1.07. The van der Waals surface area contributed by atoms with Crippen molar-refractivity contribution < 1.29 is 17.7 Å². The van der Waals surface area contributed by atoms with Gasteiger partial charge >= 0.3 is 0 Å². The van der Waals surface area contributed by atoms with Gasteiger partial charge in [0, 0.05) is 23.7 Å². The highest BCUT2D eigenvalue weighted by Crippen LogP contribution is 2.64. The van der Waals surface area contributed by atoms with Crippen LogP contribution in [0.25, 0.3) is 0 Å². The van der Waals surface area contributed by atoms with Gasteiger partial charge < -0.3 is 5.11 Å². The van der Waals surface area contributed by atoms with E-state index in [0.29, 0.717) is 11.8 Å². The minimum Gasteiger partial charge on any atom is -0.392 e. The molecule has 0 radical (unpaired) electrons. The van der Waals surface area contributed by atoms with Crippen molar-refractivity contribution in [3.05, 3.63) is 54.1 Å².